The zero-order chi connectivity index (χ0) is 16.8. The molecule has 2 atom stereocenters. The Hall–Kier alpha value is -2.35. The van der Waals surface area contributed by atoms with E-state index in [0.29, 0.717) is 16.6 Å². The van der Waals surface area contributed by atoms with Crippen molar-refractivity contribution in [2.45, 2.75) is 12.3 Å². The summed E-state index contributed by atoms with van der Waals surface area (Å²) in [7, 11) is -3.61. The van der Waals surface area contributed by atoms with Gasteiger partial charge in [-0.05, 0) is 30.2 Å². The lowest BCUT2D eigenvalue weighted by atomic mass is 10.0. The molecular weight excluding hydrogens is 319 g/mol. The van der Waals surface area contributed by atoms with Crippen molar-refractivity contribution in [3.8, 4) is 16.9 Å². The quantitative estimate of drug-likeness (QED) is 0.700. The van der Waals surface area contributed by atoms with Gasteiger partial charge in [0.15, 0.2) is 5.34 Å². The maximum atomic E-state index is 14.0. The molecule has 0 radical (unpaired) electrons. The maximum Gasteiger partial charge on any atom is 0.312 e. The Morgan fingerprint density at radius 1 is 0.833 bits per heavy atom. The predicted octanol–water partition coefficient (Wildman–Crippen LogP) is 4.51. The highest BCUT2D eigenvalue weighted by Crippen LogP contribution is 2.65. The normalized spacial score (nSPS) is 21.1. The van der Waals surface area contributed by atoms with E-state index >= 15 is 0 Å². The topological polar surface area (TPSA) is 46.5 Å². The zero-order valence-electron chi connectivity index (χ0n) is 13.2. The van der Waals surface area contributed by atoms with E-state index in [1.165, 1.54) is 0 Å². The third-order valence-electron chi connectivity index (χ3n) is 4.52. The summed E-state index contributed by atoms with van der Waals surface area (Å²) in [6.07, 6.45) is 0. The Balaban J connectivity index is 1.98. The second-order valence-corrected chi connectivity index (χ2v) is 8.68. The molecule has 1 heterocycles. The summed E-state index contributed by atoms with van der Waals surface area (Å²) in [5.74, 6) is 0.538. The maximum absolute atomic E-state index is 14.0. The first-order valence-electron chi connectivity index (χ1n) is 7.81. The van der Waals surface area contributed by atoms with Gasteiger partial charge in [-0.25, -0.2) is 0 Å². The molecule has 1 aliphatic heterocycles. The van der Waals surface area contributed by atoms with Gasteiger partial charge in [0.1, 0.15) is 5.75 Å². The average molecular weight is 336 g/mol. The van der Waals surface area contributed by atoms with Crippen LogP contribution in [0.4, 0.5) is 0 Å². The third-order valence-corrected chi connectivity index (χ3v) is 7.40. The lowest BCUT2D eigenvalue weighted by molar-refractivity contribution is 0.133. The molecule has 120 valence electrons. The van der Waals surface area contributed by atoms with Gasteiger partial charge >= 0.3 is 7.37 Å². The van der Waals surface area contributed by atoms with Crippen LogP contribution in [0.5, 0.6) is 5.75 Å². The molecule has 4 rings (SSSR count). The molecule has 0 aliphatic carbocycles. The Morgan fingerprint density at radius 2 is 1.42 bits per heavy atom. The van der Waals surface area contributed by atoms with Crippen LogP contribution in [0, 0.1) is 0 Å². The van der Waals surface area contributed by atoms with E-state index in [-0.39, 0.29) is 0 Å². The van der Waals surface area contributed by atoms with Crippen LogP contribution in [-0.4, -0.2) is 5.11 Å². The van der Waals surface area contributed by atoms with Crippen LogP contribution in [0.2, 0.25) is 0 Å². The molecule has 0 amide bonds. The van der Waals surface area contributed by atoms with Gasteiger partial charge in [0.05, 0.1) is 5.30 Å². The number of fused-ring (bicyclic) bond motifs is 3. The number of aliphatic hydroxyl groups is 1. The van der Waals surface area contributed by atoms with E-state index in [4.69, 9.17) is 4.52 Å². The summed E-state index contributed by atoms with van der Waals surface area (Å²) in [6.45, 7) is 1.56. The van der Waals surface area contributed by atoms with Gasteiger partial charge in [-0.2, -0.15) is 0 Å². The SMILES string of the molecule is CC(O)(c1ccccc1)P1(=O)Oc2ccccc2-c2ccccc21. The van der Waals surface area contributed by atoms with Crippen molar-refractivity contribution < 1.29 is 14.2 Å². The number of rotatable bonds is 2. The van der Waals surface area contributed by atoms with E-state index < -0.39 is 12.7 Å². The van der Waals surface area contributed by atoms with Crippen molar-refractivity contribution >= 4 is 12.7 Å². The molecule has 24 heavy (non-hydrogen) atoms. The van der Waals surface area contributed by atoms with Gasteiger partial charge in [-0.15, -0.1) is 0 Å². The van der Waals surface area contributed by atoms with Crippen molar-refractivity contribution in [2.24, 2.45) is 0 Å². The Kier molecular flexibility index (Phi) is 3.38. The molecule has 0 bridgehead atoms. The first-order chi connectivity index (χ1) is 11.5. The fourth-order valence-corrected chi connectivity index (χ4v) is 5.63. The minimum Gasteiger partial charge on any atom is -0.437 e. The molecule has 4 heteroatoms. The van der Waals surface area contributed by atoms with Crippen LogP contribution in [-0.2, 0) is 9.91 Å². The van der Waals surface area contributed by atoms with Crippen molar-refractivity contribution in [3.63, 3.8) is 0 Å². The highest BCUT2D eigenvalue weighted by atomic mass is 31.2. The van der Waals surface area contributed by atoms with E-state index in [9.17, 15) is 9.67 Å². The largest absolute Gasteiger partial charge is 0.437 e. The van der Waals surface area contributed by atoms with Crippen LogP contribution in [0.1, 0.15) is 12.5 Å². The van der Waals surface area contributed by atoms with Crippen LogP contribution >= 0.6 is 7.37 Å². The summed E-state index contributed by atoms with van der Waals surface area (Å²) in [6, 6.07) is 24.0. The summed E-state index contributed by atoms with van der Waals surface area (Å²) in [4.78, 5) is 0. The molecule has 0 fully saturated rings. The molecule has 0 saturated carbocycles. The second kappa shape index (κ2) is 5.34. The lowest BCUT2D eigenvalue weighted by Crippen LogP contribution is -2.33. The van der Waals surface area contributed by atoms with Gasteiger partial charge in [0, 0.05) is 5.56 Å². The Bertz CT molecular complexity index is 948. The smallest absolute Gasteiger partial charge is 0.312 e. The first kappa shape index (κ1) is 15.2. The molecule has 3 aromatic carbocycles. The van der Waals surface area contributed by atoms with Crippen molar-refractivity contribution in [1.29, 1.82) is 0 Å². The molecule has 2 unspecified atom stereocenters. The number of hydrogen-bond acceptors (Lipinski definition) is 3. The lowest BCUT2D eigenvalue weighted by Gasteiger charge is -2.37. The molecule has 0 spiro atoms. The van der Waals surface area contributed by atoms with E-state index in [2.05, 4.69) is 0 Å². The fourth-order valence-electron chi connectivity index (χ4n) is 3.16. The summed E-state index contributed by atoms with van der Waals surface area (Å²) >= 11 is 0. The van der Waals surface area contributed by atoms with Crippen LogP contribution in [0.15, 0.2) is 78.9 Å². The molecule has 1 aliphatic rings. The average Bonchev–Trinajstić information content (AvgIpc) is 2.63. The standard InChI is InChI=1S/C20H17O3P/c1-20(21,15-9-3-2-4-10-15)24(22)19-14-8-6-12-17(19)16-11-5-7-13-18(16)23-24/h2-14,21H,1H3. The first-order valence-corrected chi connectivity index (χ1v) is 9.43. The summed E-state index contributed by atoms with van der Waals surface area (Å²) in [5, 5.41) is 10.2. The van der Waals surface area contributed by atoms with E-state index in [1.54, 1.807) is 31.2 Å². The van der Waals surface area contributed by atoms with Gasteiger partial charge in [-0.1, -0.05) is 66.7 Å². The van der Waals surface area contributed by atoms with Gasteiger partial charge in [0.25, 0.3) is 0 Å². The van der Waals surface area contributed by atoms with Crippen molar-refractivity contribution in [1.82, 2.24) is 0 Å². The highest BCUT2D eigenvalue weighted by molar-refractivity contribution is 7.68. The number of hydrogen-bond donors (Lipinski definition) is 1. The molecule has 3 nitrogen and oxygen atoms in total. The number of benzene rings is 3. The van der Waals surface area contributed by atoms with Crippen molar-refractivity contribution in [2.75, 3.05) is 0 Å². The third kappa shape index (κ3) is 2.06. The minimum atomic E-state index is -3.61. The summed E-state index contributed by atoms with van der Waals surface area (Å²) < 4.78 is 19.9. The van der Waals surface area contributed by atoms with Crippen LogP contribution in [0.3, 0.4) is 0 Å². The van der Waals surface area contributed by atoms with Crippen molar-refractivity contribution in [3.05, 3.63) is 84.4 Å². The Labute approximate surface area is 141 Å². The Morgan fingerprint density at radius 3 is 2.17 bits per heavy atom. The molecule has 0 aromatic heterocycles. The second-order valence-electron chi connectivity index (χ2n) is 6.04. The summed E-state index contributed by atoms with van der Waals surface area (Å²) in [5.41, 5.74) is 2.31. The molecular formula is C20H17O3P. The van der Waals surface area contributed by atoms with E-state index in [1.807, 2.05) is 54.6 Å². The molecule has 0 saturated heterocycles. The zero-order valence-corrected chi connectivity index (χ0v) is 14.1. The fraction of sp³-hybridized carbons (Fsp3) is 0.100. The monoisotopic (exact) mass is 336 g/mol. The number of para-hydroxylation sites is 1. The van der Waals surface area contributed by atoms with Gasteiger partial charge < -0.3 is 9.63 Å². The van der Waals surface area contributed by atoms with Crippen LogP contribution < -0.4 is 9.83 Å². The predicted molar refractivity (Wildman–Crippen MR) is 95.8 cm³/mol. The van der Waals surface area contributed by atoms with E-state index in [0.717, 1.165) is 11.1 Å². The van der Waals surface area contributed by atoms with Gasteiger partial charge in [0.2, 0.25) is 0 Å². The minimum absolute atomic E-state index is 0.538. The van der Waals surface area contributed by atoms with Gasteiger partial charge in [-0.3, -0.25) is 4.57 Å². The van der Waals surface area contributed by atoms with Crippen LogP contribution in [0.25, 0.3) is 11.1 Å². The highest BCUT2D eigenvalue weighted by Gasteiger charge is 2.51. The molecule has 1 N–H and O–H groups in total. The molecule has 3 aromatic rings.